The quantitative estimate of drug-likeness (QED) is 0.816. The van der Waals surface area contributed by atoms with Gasteiger partial charge in [0.15, 0.2) is 5.78 Å². The van der Waals surface area contributed by atoms with Crippen molar-refractivity contribution >= 4 is 11.5 Å². The number of nitrogens with zero attached hydrogens (tertiary/aromatic N) is 1. The van der Waals surface area contributed by atoms with Gasteiger partial charge in [0.2, 0.25) is 0 Å². The SMILES string of the molecule is CCN(CC(O)C(=O)c1ccccc1)c1cccc(C(F)(F)F)c1. The van der Waals surface area contributed by atoms with Crippen molar-refractivity contribution in [2.45, 2.75) is 19.2 Å². The second kappa shape index (κ2) is 7.49. The van der Waals surface area contributed by atoms with Gasteiger partial charge < -0.3 is 10.0 Å². The van der Waals surface area contributed by atoms with Crippen LogP contribution in [0, 0.1) is 0 Å². The monoisotopic (exact) mass is 337 g/mol. The van der Waals surface area contributed by atoms with E-state index in [0.717, 1.165) is 12.1 Å². The van der Waals surface area contributed by atoms with Crippen molar-refractivity contribution in [1.29, 1.82) is 0 Å². The molecule has 2 aromatic rings. The van der Waals surface area contributed by atoms with Crippen molar-refractivity contribution in [2.24, 2.45) is 0 Å². The van der Waals surface area contributed by atoms with E-state index in [9.17, 15) is 23.1 Å². The molecule has 2 rings (SSSR count). The van der Waals surface area contributed by atoms with Crippen LogP contribution in [-0.2, 0) is 6.18 Å². The molecule has 0 saturated carbocycles. The summed E-state index contributed by atoms with van der Waals surface area (Å²) in [5, 5.41) is 10.1. The van der Waals surface area contributed by atoms with Gasteiger partial charge in [0, 0.05) is 17.8 Å². The lowest BCUT2D eigenvalue weighted by atomic mass is 10.1. The molecule has 0 spiro atoms. The van der Waals surface area contributed by atoms with Crippen LogP contribution in [0.3, 0.4) is 0 Å². The molecule has 0 aromatic heterocycles. The highest BCUT2D eigenvalue weighted by Gasteiger charge is 2.31. The number of aliphatic hydroxyl groups excluding tert-OH is 1. The lowest BCUT2D eigenvalue weighted by Gasteiger charge is -2.26. The Kier molecular flexibility index (Phi) is 5.62. The number of Topliss-reactive ketones (excluding diaryl/α,β-unsaturated/α-hetero) is 1. The Morgan fingerprint density at radius 2 is 1.79 bits per heavy atom. The molecule has 2 aromatic carbocycles. The highest BCUT2D eigenvalue weighted by Crippen LogP contribution is 2.31. The first-order valence-corrected chi connectivity index (χ1v) is 7.52. The van der Waals surface area contributed by atoms with Gasteiger partial charge in [-0.3, -0.25) is 4.79 Å². The number of carbonyl (C=O) groups is 1. The number of alkyl halides is 3. The van der Waals surface area contributed by atoms with E-state index in [4.69, 9.17) is 0 Å². The summed E-state index contributed by atoms with van der Waals surface area (Å²) in [6.45, 7) is 2.03. The minimum atomic E-state index is -4.44. The molecule has 0 saturated heterocycles. The molecule has 0 aliphatic carbocycles. The summed E-state index contributed by atoms with van der Waals surface area (Å²) in [6.07, 6.45) is -5.75. The van der Waals surface area contributed by atoms with Crippen molar-refractivity contribution in [3.05, 3.63) is 65.7 Å². The van der Waals surface area contributed by atoms with Crippen LogP contribution in [-0.4, -0.2) is 30.1 Å². The Labute approximate surface area is 138 Å². The largest absolute Gasteiger partial charge is 0.416 e. The predicted molar refractivity (Wildman–Crippen MR) is 86.1 cm³/mol. The number of hydrogen-bond donors (Lipinski definition) is 1. The Bertz CT molecular complexity index is 686. The minimum Gasteiger partial charge on any atom is -0.383 e. The van der Waals surface area contributed by atoms with E-state index in [2.05, 4.69) is 0 Å². The van der Waals surface area contributed by atoms with E-state index in [1.54, 1.807) is 42.2 Å². The second-order valence-corrected chi connectivity index (χ2v) is 5.33. The first-order chi connectivity index (χ1) is 11.3. The number of likely N-dealkylation sites (N-methyl/N-ethyl adjacent to an activating group) is 1. The van der Waals surface area contributed by atoms with Crippen molar-refractivity contribution < 1.29 is 23.1 Å². The van der Waals surface area contributed by atoms with Gasteiger partial charge in [-0.05, 0) is 25.1 Å². The van der Waals surface area contributed by atoms with Crippen LogP contribution < -0.4 is 4.90 Å². The van der Waals surface area contributed by atoms with Gasteiger partial charge >= 0.3 is 6.18 Å². The molecule has 0 aliphatic heterocycles. The second-order valence-electron chi connectivity index (χ2n) is 5.33. The summed E-state index contributed by atoms with van der Waals surface area (Å²) in [6, 6.07) is 13.1. The smallest absolute Gasteiger partial charge is 0.383 e. The third-order valence-corrected chi connectivity index (χ3v) is 3.67. The van der Waals surface area contributed by atoms with Gasteiger partial charge in [0.25, 0.3) is 0 Å². The number of ketones is 1. The first kappa shape index (κ1) is 18.0. The molecule has 1 N–H and O–H groups in total. The minimum absolute atomic E-state index is 0.0778. The number of carbonyl (C=O) groups excluding carboxylic acids is 1. The average molecular weight is 337 g/mol. The van der Waals surface area contributed by atoms with Crippen LogP contribution in [0.4, 0.5) is 18.9 Å². The molecule has 0 bridgehead atoms. The fraction of sp³-hybridized carbons (Fsp3) is 0.278. The average Bonchev–Trinajstić information content (AvgIpc) is 2.59. The number of rotatable bonds is 6. The fourth-order valence-corrected chi connectivity index (χ4v) is 2.38. The highest BCUT2D eigenvalue weighted by atomic mass is 19.4. The third-order valence-electron chi connectivity index (χ3n) is 3.67. The van der Waals surface area contributed by atoms with Crippen LogP contribution in [0.1, 0.15) is 22.8 Å². The lowest BCUT2D eigenvalue weighted by Crippen LogP contribution is -2.37. The number of anilines is 1. The van der Waals surface area contributed by atoms with Gasteiger partial charge in [0.1, 0.15) is 6.10 Å². The molecule has 0 heterocycles. The molecule has 3 nitrogen and oxygen atoms in total. The van der Waals surface area contributed by atoms with Crippen molar-refractivity contribution in [2.75, 3.05) is 18.0 Å². The normalized spacial score (nSPS) is 12.7. The standard InChI is InChI=1S/C18H18F3NO2/c1-2-22(15-10-6-9-14(11-15)18(19,20)21)12-16(23)17(24)13-7-4-3-5-8-13/h3-11,16,23H,2,12H2,1H3. The summed E-state index contributed by atoms with van der Waals surface area (Å²) in [5.74, 6) is -0.457. The number of aliphatic hydroxyl groups is 1. The molecule has 0 radical (unpaired) electrons. The van der Waals surface area contributed by atoms with E-state index in [1.165, 1.54) is 12.1 Å². The summed E-state index contributed by atoms with van der Waals surface area (Å²) in [4.78, 5) is 13.7. The van der Waals surface area contributed by atoms with E-state index >= 15 is 0 Å². The van der Waals surface area contributed by atoms with Gasteiger partial charge in [-0.15, -0.1) is 0 Å². The van der Waals surface area contributed by atoms with Crippen LogP contribution in [0.25, 0.3) is 0 Å². The maximum absolute atomic E-state index is 12.8. The Hall–Kier alpha value is -2.34. The number of benzene rings is 2. The molecule has 0 amide bonds. The first-order valence-electron chi connectivity index (χ1n) is 7.52. The Morgan fingerprint density at radius 3 is 2.38 bits per heavy atom. The molecule has 128 valence electrons. The molecule has 0 fully saturated rings. The predicted octanol–water partition coefficient (Wildman–Crippen LogP) is 3.78. The topological polar surface area (TPSA) is 40.5 Å². The summed E-state index contributed by atoms with van der Waals surface area (Å²) >= 11 is 0. The molecule has 24 heavy (non-hydrogen) atoms. The Morgan fingerprint density at radius 1 is 1.12 bits per heavy atom. The molecular formula is C18H18F3NO2. The van der Waals surface area contributed by atoms with Gasteiger partial charge in [-0.1, -0.05) is 36.4 Å². The third kappa shape index (κ3) is 4.35. The zero-order valence-electron chi connectivity index (χ0n) is 13.1. The van der Waals surface area contributed by atoms with Crippen LogP contribution >= 0.6 is 0 Å². The molecule has 1 atom stereocenters. The highest BCUT2D eigenvalue weighted by molar-refractivity contribution is 5.99. The van der Waals surface area contributed by atoms with Gasteiger partial charge in [0.05, 0.1) is 12.1 Å². The maximum Gasteiger partial charge on any atom is 0.416 e. The number of hydrogen-bond acceptors (Lipinski definition) is 3. The summed E-state index contributed by atoms with van der Waals surface area (Å²) < 4.78 is 38.5. The zero-order chi connectivity index (χ0) is 17.7. The lowest BCUT2D eigenvalue weighted by molar-refractivity contribution is -0.137. The molecule has 1 unspecified atom stereocenters. The summed E-state index contributed by atoms with van der Waals surface area (Å²) in [5.41, 5.74) is -0.0837. The van der Waals surface area contributed by atoms with Crippen molar-refractivity contribution in [3.63, 3.8) is 0 Å². The van der Waals surface area contributed by atoms with E-state index in [-0.39, 0.29) is 6.54 Å². The zero-order valence-corrected chi connectivity index (χ0v) is 13.1. The van der Waals surface area contributed by atoms with E-state index in [1.807, 2.05) is 0 Å². The molecule has 6 heteroatoms. The number of halogens is 3. The molecule has 0 aliphatic rings. The maximum atomic E-state index is 12.8. The van der Waals surface area contributed by atoms with Crippen molar-refractivity contribution in [1.82, 2.24) is 0 Å². The van der Waals surface area contributed by atoms with E-state index in [0.29, 0.717) is 17.8 Å². The van der Waals surface area contributed by atoms with Crippen LogP contribution in [0.5, 0.6) is 0 Å². The Balaban J connectivity index is 2.16. The summed E-state index contributed by atoms with van der Waals surface area (Å²) in [7, 11) is 0. The fourth-order valence-electron chi connectivity index (χ4n) is 2.38. The van der Waals surface area contributed by atoms with Crippen LogP contribution in [0.15, 0.2) is 54.6 Å². The van der Waals surface area contributed by atoms with Crippen LogP contribution in [0.2, 0.25) is 0 Å². The molecular weight excluding hydrogens is 319 g/mol. The van der Waals surface area contributed by atoms with Gasteiger partial charge in [-0.25, -0.2) is 0 Å². The van der Waals surface area contributed by atoms with Crippen molar-refractivity contribution in [3.8, 4) is 0 Å². The van der Waals surface area contributed by atoms with Gasteiger partial charge in [-0.2, -0.15) is 13.2 Å². The van der Waals surface area contributed by atoms with E-state index < -0.39 is 23.6 Å².